The molecule has 1 aliphatic heterocycles. The van der Waals surface area contributed by atoms with Crippen LogP contribution in [0.2, 0.25) is 0 Å². The van der Waals surface area contributed by atoms with Crippen molar-refractivity contribution in [2.24, 2.45) is 0 Å². The van der Waals surface area contributed by atoms with Crippen LogP contribution in [0.5, 0.6) is 0 Å². The Bertz CT molecular complexity index is 110. The van der Waals surface area contributed by atoms with Gasteiger partial charge in [-0.05, 0) is 0 Å². The second-order valence-electron chi connectivity index (χ2n) is 1.12. The van der Waals surface area contributed by atoms with Crippen LogP contribution < -0.4 is 5.32 Å². The molecular formula is C3H4ClNO3. The number of hydrogen-bond donors (Lipinski definition) is 1. The Morgan fingerprint density at radius 2 is 2.12 bits per heavy atom. The first-order chi connectivity index (χ1) is 3.29. The zero-order chi connectivity index (χ0) is 5.28. The Kier molecular flexibility index (Phi) is 2.27. The average molecular weight is 138 g/mol. The standard InChI is InChI=1S/C3H3NO3.ClH/c5-2-1-7-3(6)4-2;/h1H2,(H,4,5,6);1H. The highest BCUT2D eigenvalue weighted by Gasteiger charge is 2.17. The van der Waals surface area contributed by atoms with Gasteiger partial charge in [-0.25, -0.2) is 4.79 Å². The summed E-state index contributed by atoms with van der Waals surface area (Å²) in [5.74, 6) is -0.370. The van der Waals surface area contributed by atoms with Gasteiger partial charge in [-0.15, -0.1) is 12.4 Å². The third kappa shape index (κ3) is 1.38. The SMILES string of the molecule is Cl.O=C1COC(=O)N1. The smallest absolute Gasteiger partial charge is 0.414 e. The van der Waals surface area contributed by atoms with E-state index in [9.17, 15) is 9.59 Å². The minimum absolute atomic E-state index is 0. The molecule has 0 spiro atoms. The summed E-state index contributed by atoms with van der Waals surface area (Å²) in [7, 11) is 0. The number of imide groups is 1. The summed E-state index contributed by atoms with van der Waals surface area (Å²) < 4.78 is 4.17. The highest BCUT2D eigenvalue weighted by Crippen LogP contribution is 1.85. The number of carbonyl (C=O) groups is 2. The summed E-state index contributed by atoms with van der Waals surface area (Å²) in [5.41, 5.74) is 0. The van der Waals surface area contributed by atoms with Crippen molar-refractivity contribution in [2.45, 2.75) is 0 Å². The molecule has 1 rings (SSSR count). The van der Waals surface area contributed by atoms with Crippen molar-refractivity contribution in [3.05, 3.63) is 0 Å². The van der Waals surface area contributed by atoms with E-state index in [4.69, 9.17) is 0 Å². The zero-order valence-corrected chi connectivity index (χ0v) is 4.66. The molecule has 0 aromatic heterocycles. The number of rotatable bonds is 0. The van der Waals surface area contributed by atoms with E-state index in [-0.39, 0.29) is 24.9 Å². The zero-order valence-electron chi connectivity index (χ0n) is 3.84. The number of halogens is 1. The molecule has 8 heavy (non-hydrogen) atoms. The van der Waals surface area contributed by atoms with Gasteiger partial charge in [0, 0.05) is 0 Å². The predicted octanol–water partition coefficient (Wildman–Crippen LogP) is -0.325. The number of carbonyl (C=O) groups excluding carboxylic acids is 2. The molecule has 2 amide bonds. The molecule has 0 aromatic carbocycles. The number of amides is 2. The maximum Gasteiger partial charge on any atom is 0.414 e. The first kappa shape index (κ1) is 7.23. The average Bonchev–Trinajstić information content (AvgIpc) is 1.87. The molecule has 0 aromatic rings. The molecule has 1 fully saturated rings. The van der Waals surface area contributed by atoms with E-state index < -0.39 is 6.09 Å². The third-order valence-corrected chi connectivity index (χ3v) is 0.576. The number of nitrogens with one attached hydrogen (secondary N) is 1. The fourth-order valence-corrected chi connectivity index (χ4v) is 0.317. The molecule has 0 atom stereocenters. The lowest BCUT2D eigenvalue weighted by atomic mass is 10.7. The maximum atomic E-state index is 10.00. The molecule has 46 valence electrons. The van der Waals surface area contributed by atoms with Crippen LogP contribution in [-0.4, -0.2) is 18.6 Å². The third-order valence-electron chi connectivity index (χ3n) is 0.576. The van der Waals surface area contributed by atoms with Crippen molar-refractivity contribution in [1.29, 1.82) is 0 Å². The summed E-state index contributed by atoms with van der Waals surface area (Å²) in [5, 5.41) is 1.92. The van der Waals surface area contributed by atoms with E-state index in [1.54, 1.807) is 0 Å². The van der Waals surface area contributed by atoms with Crippen molar-refractivity contribution >= 4 is 24.4 Å². The second-order valence-corrected chi connectivity index (χ2v) is 1.12. The molecule has 0 radical (unpaired) electrons. The Balaban J connectivity index is 0.000000490. The van der Waals surface area contributed by atoms with Crippen molar-refractivity contribution in [3.8, 4) is 0 Å². The fourth-order valence-electron chi connectivity index (χ4n) is 0.317. The summed E-state index contributed by atoms with van der Waals surface area (Å²) >= 11 is 0. The first-order valence-electron chi connectivity index (χ1n) is 1.75. The normalized spacial score (nSPS) is 16.5. The molecule has 0 bridgehead atoms. The van der Waals surface area contributed by atoms with Gasteiger partial charge in [0.15, 0.2) is 6.61 Å². The molecule has 0 unspecified atom stereocenters. The van der Waals surface area contributed by atoms with Gasteiger partial charge in [0.25, 0.3) is 5.91 Å². The van der Waals surface area contributed by atoms with E-state index in [1.807, 2.05) is 5.32 Å². The molecule has 0 saturated carbocycles. The molecular weight excluding hydrogens is 133 g/mol. The van der Waals surface area contributed by atoms with Gasteiger partial charge in [-0.1, -0.05) is 0 Å². The van der Waals surface area contributed by atoms with Gasteiger partial charge in [0.05, 0.1) is 0 Å². The topological polar surface area (TPSA) is 55.4 Å². The summed E-state index contributed by atoms with van der Waals surface area (Å²) in [6.07, 6.45) is -0.648. The molecule has 1 N–H and O–H groups in total. The Labute approximate surface area is 51.6 Å². The predicted molar refractivity (Wildman–Crippen MR) is 26.7 cm³/mol. The number of cyclic esters (lactones) is 1. The van der Waals surface area contributed by atoms with Crippen molar-refractivity contribution in [1.82, 2.24) is 5.32 Å². The van der Waals surface area contributed by atoms with Crippen LogP contribution in [0.3, 0.4) is 0 Å². The van der Waals surface area contributed by atoms with Gasteiger partial charge < -0.3 is 4.74 Å². The van der Waals surface area contributed by atoms with Crippen molar-refractivity contribution in [3.63, 3.8) is 0 Å². The van der Waals surface area contributed by atoms with Crippen LogP contribution in [0.15, 0.2) is 0 Å². The number of hydrogen-bond acceptors (Lipinski definition) is 3. The number of alkyl carbamates (subject to hydrolysis) is 1. The molecule has 1 saturated heterocycles. The lowest BCUT2D eigenvalue weighted by Gasteiger charge is -1.78. The van der Waals surface area contributed by atoms with Gasteiger partial charge in [-0.3, -0.25) is 10.1 Å². The Morgan fingerprint density at radius 3 is 2.25 bits per heavy atom. The van der Waals surface area contributed by atoms with Crippen LogP contribution in [0, 0.1) is 0 Å². The van der Waals surface area contributed by atoms with Gasteiger partial charge >= 0.3 is 6.09 Å². The van der Waals surface area contributed by atoms with Crippen LogP contribution in [-0.2, 0) is 9.53 Å². The summed E-state index contributed by atoms with van der Waals surface area (Å²) in [6, 6.07) is 0. The van der Waals surface area contributed by atoms with Crippen LogP contribution in [0.1, 0.15) is 0 Å². The van der Waals surface area contributed by atoms with Crippen molar-refractivity contribution in [2.75, 3.05) is 6.61 Å². The van der Waals surface area contributed by atoms with Crippen LogP contribution in [0.25, 0.3) is 0 Å². The lowest BCUT2D eigenvalue weighted by molar-refractivity contribution is -0.119. The van der Waals surface area contributed by atoms with E-state index in [1.165, 1.54) is 0 Å². The Morgan fingerprint density at radius 1 is 1.50 bits per heavy atom. The van der Waals surface area contributed by atoms with E-state index >= 15 is 0 Å². The summed E-state index contributed by atoms with van der Waals surface area (Å²) in [4.78, 5) is 19.9. The number of ether oxygens (including phenoxy) is 1. The molecule has 4 nitrogen and oxygen atoms in total. The monoisotopic (exact) mass is 137 g/mol. The second kappa shape index (κ2) is 2.52. The molecule has 5 heteroatoms. The minimum atomic E-state index is -0.648. The van der Waals surface area contributed by atoms with Gasteiger partial charge in [0.2, 0.25) is 0 Å². The highest BCUT2D eigenvalue weighted by molar-refractivity contribution is 5.97. The first-order valence-corrected chi connectivity index (χ1v) is 1.75. The minimum Gasteiger partial charge on any atom is -0.439 e. The van der Waals surface area contributed by atoms with E-state index in [0.29, 0.717) is 0 Å². The molecule has 1 aliphatic rings. The van der Waals surface area contributed by atoms with Crippen LogP contribution >= 0.6 is 12.4 Å². The summed E-state index contributed by atoms with van der Waals surface area (Å²) in [6.45, 7) is -0.126. The van der Waals surface area contributed by atoms with Gasteiger partial charge in [-0.2, -0.15) is 0 Å². The Hall–Kier alpha value is -0.770. The lowest BCUT2D eigenvalue weighted by Crippen LogP contribution is -2.18. The molecule has 0 aliphatic carbocycles. The van der Waals surface area contributed by atoms with E-state index in [0.717, 1.165) is 0 Å². The van der Waals surface area contributed by atoms with Gasteiger partial charge in [0.1, 0.15) is 0 Å². The molecule has 1 heterocycles. The maximum absolute atomic E-state index is 10.00. The van der Waals surface area contributed by atoms with Crippen LogP contribution in [0.4, 0.5) is 4.79 Å². The van der Waals surface area contributed by atoms with Crippen molar-refractivity contribution < 1.29 is 14.3 Å². The quantitative estimate of drug-likeness (QED) is 0.498. The fraction of sp³-hybridized carbons (Fsp3) is 0.333. The highest BCUT2D eigenvalue weighted by atomic mass is 35.5. The largest absolute Gasteiger partial charge is 0.439 e. The van der Waals surface area contributed by atoms with E-state index in [2.05, 4.69) is 4.74 Å².